The molecule has 1 saturated carbocycles. The Morgan fingerprint density at radius 2 is 1.41 bits per heavy atom. The summed E-state index contributed by atoms with van der Waals surface area (Å²) in [6.07, 6.45) is 3.65. The molecule has 3 aromatic rings. The Kier molecular flexibility index (Phi) is 7.99. The van der Waals surface area contributed by atoms with E-state index in [1.54, 1.807) is 31.4 Å². The van der Waals surface area contributed by atoms with Crippen molar-refractivity contribution in [2.24, 2.45) is 5.92 Å². The summed E-state index contributed by atoms with van der Waals surface area (Å²) in [7, 11) is -1.76. The van der Waals surface area contributed by atoms with Crippen molar-refractivity contribution in [3.05, 3.63) is 90.5 Å². The largest absolute Gasteiger partial charge is 0.497 e. The number of benzene rings is 3. The molecule has 0 unspecified atom stereocenters. The second-order valence-corrected chi connectivity index (χ2v) is 11.4. The lowest BCUT2D eigenvalue weighted by Crippen LogP contribution is -2.50. The Morgan fingerprint density at radius 1 is 0.882 bits per heavy atom. The number of nitrogens with one attached hydrogen (secondary N) is 1. The average molecular weight is 478 g/mol. The number of ether oxygens (including phenoxy) is 1. The van der Waals surface area contributed by atoms with Gasteiger partial charge in [-0.05, 0) is 67.3 Å². The van der Waals surface area contributed by atoms with Gasteiger partial charge in [-0.1, -0.05) is 55.7 Å². The normalized spacial score (nSPS) is 16.5. The third-order valence-electron chi connectivity index (χ3n) is 6.71. The van der Waals surface area contributed by atoms with Crippen LogP contribution in [0.4, 0.5) is 0 Å². The zero-order valence-corrected chi connectivity index (χ0v) is 20.4. The van der Waals surface area contributed by atoms with Gasteiger partial charge < -0.3 is 9.84 Å². The predicted molar refractivity (Wildman–Crippen MR) is 137 cm³/mol. The van der Waals surface area contributed by atoms with E-state index < -0.39 is 19.4 Å². The third-order valence-corrected chi connectivity index (χ3v) is 9.42. The first kappa shape index (κ1) is 24.4. The summed E-state index contributed by atoms with van der Waals surface area (Å²) >= 11 is 0. The molecule has 2 atom stereocenters. The van der Waals surface area contributed by atoms with Crippen molar-refractivity contribution in [1.82, 2.24) is 5.09 Å². The number of methoxy groups -OCH3 is 1. The first-order valence-corrected chi connectivity index (χ1v) is 13.6. The molecule has 0 aliphatic heterocycles. The highest BCUT2D eigenvalue weighted by atomic mass is 31.2. The average Bonchev–Trinajstić information content (AvgIpc) is 2.92. The lowest BCUT2D eigenvalue weighted by molar-refractivity contribution is 0.0581. The molecular formula is C28H32NO4P. The van der Waals surface area contributed by atoms with Crippen LogP contribution in [-0.4, -0.2) is 30.1 Å². The van der Waals surface area contributed by atoms with Gasteiger partial charge >= 0.3 is 0 Å². The fourth-order valence-corrected chi connectivity index (χ4v) is 7.35. The van der Waals surface area contributed by atoms with Gasteiger partial charge in [0.25, 0.3) is 0 Å². The van der Waals surface area contributed by atoms with Crippen molar-refractivity contribution in [3.8, 4) is 5.75 Å². The summed E-state index contributed by atoms with van der Waals surface area (Å²) in [5.41, 5.74) is 0.408. The summed E-state index contributed by atoms with van der Waals surface area (Å²) in [5.74, 6) is 0.316. The molecule has 1 fully saturated rings. The van der Waals surface area contributed by atoms with Gasteiger partial charge in [-0.3, -0.25) is 14.4 Å². The van der Waals surface area contributed by atoms with Crippen LogP contribution >= 0.6 is 7.29 Å². The number of hydrogen-bond donors (Lipinski definition) is 2. The van der Waals surface area contributed by atoms with Gasteiger partial charge in [-0.15, -0.1) is 0 Å². The molecule has 4 rings (SSSR count). The molecule has 0 aromatic heterocycles. The van der Waals surface area contributed by atoms with Crippen LogP contribution in [0.2, 0.25) is 0 Å². The molecule has 0 amide bonds. The SMILES string of the molecule is COc1ccc(C(=O)[C@@H](O)[C@@H](NP(=O)(c2ccccc2)c2ccccc2)C2CCCCC2)cc1. The number of hydrogen-bond acceptors (Lipinski definition) is 4. The second kappa shape index (κ2) is 11.1. The molecule has 0 saturated heterocycles. The van der Waals surface area contributed by atoms with Crippen LogP contribution in [-0.2, 0) is 4.57 Å². The van der Waals surface area contributed by atoms with Gasteiger partial charge in [0.15, 0.2) is 5.78 Å². The van der Waals surface area contributed by atoms with Crippen molar-refractivity contribution in [2.45, 2.75) is 44.2 Å². The fraction of sp³-hybridized carbons (Fsp3) is 0.321. The van der Waals surface area contributed by atoms with Crippen LogP contribution in [0.1, 0.15) is 42.5 Å². The van der Waals surface area contributed by atoms with Crippen LogP contribution in [0, 0.1) is 5.92 Å². The van der Waals surface area contributed by atoms with Crippen molar-refractivity contribution in [3.63, 3.8) is 0 Å². The van der Waals surface area contributed by atoms with E-state index in [4.69, 9.17) is 4.74 Å². The maximum Gasteiger partial charge on any atom is 0.204 e. The van der Waals surface area contributed by atoms with E-state index >= 15 is 0 Å². The van der Waals surface area contributed by atoms with Crippen molar-refractivity contribution < 1.29 is 19.2 Å². The molecule has 3 aromatic carbocycles. The molecule has 2 N–H and O–H groups in total. The molecule has 0 heterocycles. The minimum absolute atomic E-state index is 0.0479. The number of carbonyl (C=O) groups excluding carboxylic acids is 1. The maximum atomic E-state index is 14.7. The lowest BCUT2D eigenvalue weighted by Gasteiger charge is -2.36. The maximum absolute atomic E-state index is 14.7. The number of aliphatic hydroxyl groups is 1. The van der Waals surface area contributed by atoms with Crippen LogP contribution in [0.25, 0.3) is 0 Å². The molecule has 178 valence electrons. The first-order chi connectivity index (χ1) is 16.5. The van der Waals surface area contributed by atoms with E-state index in [0.717, 1.165) is 32.1 Å². The van der Waals surface area contributed by atoms with E-state index in [0.29, 0.717) is 21.9 Å². The van der Waals surface area contributed by atoms with E-state index in [1.165, 1.54) is 0 Å². The topological polar surface area (TPSA) is 75.6 Å². The first-order valence-electron chi connectivity index (χ1n) is 11.9. The van der Waals surface area contributed by atoms with Crippen molar-refractivity contribution in [1.29, 1.82) is 0 Å². The van der Waals surface area contributed by atoms with E-state index in [2.05, 4.69) is 5.09 Å². The Hall–Kier alpha value is -2.72. The molecule has 5 nitrogen and oxygen atoms in total. The lowest BCUT2D eigenvalue weighted by atomic mass is 9.81. The van der Waals surface area contributed by atoms with Crippen LogP contribution in [0.15, 0.2) is 84.9 Å². The number of Topliss-reactive ketones (excluding diaryl/α,β-unsaturated/α-hetero) is 1. The van der Waals surface area contributed by atoms with Gasteiger partial charge in [-0.25, -0.2) is 0 Å². The molecule has 1 aliphatic carbocycles. The highest BCUT2D eigenvalue weighted by Crippen LogP contribution is 2.42. The molecule has 1 aliphatic rings. The molecular weight excluding hydrogens is 445 g/mol. The summed E-state index contributed by atoms with van der Waals surface area (Å²) in [6.45, 7) is 0. The zero-order valence-electron chi connectivity index (χ0n) is 19.5. The summed E-state index contributed by atoms with van der Waals surface area (Å²) in [6, 6.07) is 24.7. The summed E-state index contributed by atoms with van der Waals surface area (Å²) < 4.78 is 19.9. The smallest absolute Gasteiger partial charge is 0.204 e. The minimum Gasteiger partial charge on any atom is -0.497 e. The number of carbonyl (C=O) groups is 1. The van der Waals surface area contributed by atoms with Gasteiger partial charge in [0, 0.05) is 22.2 Å². The summed E-state index contributed by atoms with van der Waals surface area (Å²) in [5, 5.41) is 16.1. The minimum atomic E-state index is -3.33. The predicted octanol–water partition coefficient (Wildman–Crippen LogP) is 4.71. The van der Waals surface area contributed by atoms with Gasteiger partial charge in [0.05, 0.1) is 7.11 Å². The Balaban J connectivity index is 1.72. The Bertz CT molecular complexity index is 1070. The molecule has 0 radical (unpaired) electrons. The van der Waals surface area contributed by atoms with Gasteiger partial charge in [0.1, 0.15) is 11.9 Å². The van der Waals surface area contributed by atoms with E-state index in [-0.39, 0.29) is 11.7 Å². The molecule has 34 heavy (non-hydrogen) atoms. The standard InChI is InChI=1S/C28H32NO4P/c1-33-23-19-17-22(18-20-23)27(30)28(31)26(21-11-5-2-6-12-21)29-34(32,24-13-7-3-8-14-24)25-15-9-4-10-16-25/h3-4,7-10,13-21,26,28,31H,2,5-6,11-12H2,1H3,(H,29,32)/t26-,28-/m0/s1. The highest BCUT2D eigenvalue weighted by molar-refractivity contribution is 7.76. The molecule has 0 bridgehead atoms. The summed E-state index contributed by atoms with van der Waals surface area (Å²) in [4.78, 5) is 13.4. The van der Waals surface area contributed by atoms with Gasteiger partial charge in [-0.2, -0.15) is 0 Å². The van der Waals surface area contributed by atoms with Crippen LogP contribution < -0.4 is 20.4 Å². The van der Waals surface area contributed by atoms with Crippen LogP contribution in [0.5, 0.6) is 5.75 Å². The number of aliphatic hydroxyl groups excluding tert-OH is 1. The quantitative estimate of drug-likeness (QED) is 0.345. The molecule has 6 heteroatoms. The molecule has 0 spiro atoms. The van der Waals surface area contributed by atoms with Crippen LogP contribution in [0.3, 0.4) is 0 Å². The van der Waals surface area contributed by atoms with E-state index in [9.17, 15) is 14.5 Å². The highest BCUT2D eigenvalue weighted by Gasteiger charge is 2.40. The van der Waals surface area contributed by atoms with E-state index in [1.807, 2.05) is 60.7 Å². The third kappa shape index (κ3) is 5.33. The second-order valence-electron chi connectivity index (χ2n) is 8.87. The van der Waals surface area contributed by atoms with Crippen molar-refractivity contribution >= 4 is 23.7 Å². The van der Waals surface area contributed by atoms with Gasteiger partial charge in [0.2, 0.25) is 7.29 Å². The Labute approximate surface area is 201 Å². The fourth-order valence-electron chi connectivity index (χ4n) is 4.80. The number of rotatable bonds is 9. The zero-order chi connectivity index (χ0) is 24.0. The number of ketones is 1. The monoisotopic (exact) mass is 477 g/mol. The Morgan fingerprint density at radius 3 is 1.91 bits per heavy atom. The van der Waals surface area contributed by atoms with Crippen molar-refractivity contribution in [2.75, 3.05) is 7.11 Å².